The van der Waals surface area contributed by atoms with Crippen molar-refractivity contribution in [1.82, 2.24) is 4.90 Å². The average Bonchev–Trinajstić information content (AvgIpc) is 3.49. The second kappa shape index (κ2) is 12.0. The number of halogens is 1. The lowest BCUT2D eigenvalue weighted by molar-refractivity contribution is -0.127. The van der Waals surface area contributed by atoms with Crippen LogP contribution >= 0.6 is 23.4 Å². The fourth-order valence-corrected chi connectivity index (χ4v) is 4.56. The van der Waals surface area contributed by atoms with Crippen LogP contribution in [0.1, 0.15) is 33.4 Å². The van der Waals surface area contributed by atoms with Crippen LogP contribution in [0.25, 0.3) is 17.4 Å². The van der Waals surface area contributed by atoms with Crippen molar-refractivity contribution in [2.24, 2.45) is 0 Å². The van der Waals surface area contributed by atoms with Gasteiger partial charge in [0.05, 0.1) is 34.8 Å². The first kappa shape index (κ1) is 27.7. The number of anilines is 1. The first-order valence-electron chi connectivity index (χ1n) is 11.5. The van der Waals surface area contributed by atoms with Crippen molar-refractivity contribution in [1.29, 1.82) is 0 Å². The molecular formula is C27H21ClN2O8S. The number of esters is 2. The number of nitrogens with one attached hydrogen (secondary N) is 1. The summed E-state index contributed by atoms with van der Waals surface area (Å²) in [6.45, 7) is 1.47. The van der Waals surface area contributed by atoms with Gasteiger partial charge in [0.1, 0.15) is 18.1 Å². The van der Waals surface area contributed by atoms with E-state index in [1.165, 1.54) is 31.4 Å². The minimum absolute atomic E-state index is 0.0545. The Morgan fingerprint density at radius 3 is 2.49 bits per heavy atom. The van der Waals surface area contributed by atoms with Crippen LogP contribution in [-0.2, 0) is 19.1 Å². The summed E-state index contributed by atoms with van der Waals surface area (Å²) in [4.78, 5) is 62.4. The smallest absolute Gasteiger partial charge is 0.339 e. The fraction of sp³-hybridized carbons (Fsp3) is 0.148. The zero-order valence-corrected chi connectivity index (χ0v) is 22.3. The summed E-state index contributed by atoms with van der Waals surface area (Å²) in [5.41, 5.74) is 1.40. The predicted octanol–water partition coefficient (Wildman–Crippen LogP) is 5.24. The highest BCUT2D eigenvalue weighted by Crippen LogP contribution is 2.33. The molecule has 3 amide bonds. The van der Waals surface area contributed by atoms with Gasteiger partial charge in [-0.15, -0.1) is 0 Å². The summed E-state index contributed by atoms with van der Waals surface area (Å²) < 4.78 is 15.4. The first-order valence-corrected chi connectivity index (χ1v) is 12.7. The zero-order valence-electron chi connectivity index (χ0n) is 20.7. The van der Waals surface area contributed by atoms with Gasteiger partial charge in [0.25, 0.3) is 11.1 Å². The van der Waals surface area contributed by atoms with Gasteiger partial charge in [-0.1, -0.05) is 23.7 Å². The molecule has 2 aromatic carbocycles. The SMILES string of the molecule is CCOC(=O)c1ccc(-c2ccc(/C=C3/SC(=O)N(CC(=O)Nc4ccc(Cl)c(C(=O)OC)c4)C3=O)o2)cc1. The van der Waals surface area contributed by atoms with Gasteiger partial charge in [-0.05, 0) is 61.2 Å². The maximum absolute atomic E-state index is 12.8. The van der Waals surface area contributed by atoms with Gasteiger partial charge in [0, 0.05) is 17.3 Å². The Hall–Kier alpha value is -4.35. The van der Waals surface area contributed by atoms with E-state index in [4.69, 9.17) is 20.8 Å². The molecule has 0 spiro atoms. The number of carbonyl (C=O) groups excluding carboxylic acids is 5. The number of imide groups is 1. The first-order chi connectivity index (χ1) is 18.7. The van der Waals surface area contributed by atoms with Gasteiger partial charge >= 0.3 is 11.9 Å². The molecule has 3 aromatic rings. The molecular weight excluding hydrogens is 548 g/mol. The quantitative estimate of drug-likeness (QED) is 0.286. The molecule has 39 heavy (non-hydrogen) atoms. The van der Waals surface area contributed by atoms with Gasteiger partial charge in [-0.25, -0.2) is 9.59 Å². The molecule has 1 fully saturated rings. The lowest BCUT2D eigenvalue weighted by Gasteiger charge is -2.13. The molecule has 0 bridgehead atoms. The molecule has 200 valence electrons. The van der Waals surface area contributed by atoms with Crippen LogP contribution in [0, 0.1) is 0 Å². The van der Waals surface area contributed by atoms with Crippen LogP contribution in [-0.4, -0.2) is 54.2 Å². The van der Waals surface area contributed by atoms with E-state index in [2.05, 4.69) is 10.1 Å². The van der Waals surface area contributed by atoms with Gasteiger partial charge in [-0.2, -0.15) is 0 Å². The highest BCUT2D eigenvalue weighted by molar-refractivity contribution is 8.18. The van der Waals surface area contributed by atoms with Crippen molar-refractivity contribution < 1.29 is 37.9 Å². The summed E-state index contributed by atoms with van der Waals surface area (Å²) in [6, 6.07) is 14.2. The van der Waals surface area contributed by atoms with Gasteiger partial charge in [-0.3, -0.25) is 19.3 Å². The number of nitrogens with zero attached hydrogens (tertiary/aromatic N) is 1. The third-order valence-electron chi connectivity index (χ3n) is 5.41. The Kier molecular flexibility index (Phi) is 8.52. The van der Waals surface area contributed by atoms with Crippen LogP contribution in [0.15, 0.2) is 63.9 Å². The van der Waals surface area contributed by atoms with Crippen molar-refractivity contribution in [2.75, 3.05) is 25.6 Å². The maximum atomic E-state index is 12.8. The van der Waals surface area contributed by atoms with E-state index in [0.717, 1.165) is 4.90 Å². The Bertz CT molecular complexity index is 1500. The number of methoxy groups -OCH3 is 1. The molecule has 1 aliphatic heterocycles. The van der Waals surface area contributed by atoms with E-state index in [1.54, 1.807) is 43.3 Å². The lowest BCUT2D eigenvalue weighted by Crippen LogP contribution is -2.36. The van der Waals surface area contributed by atoms with E-state index < -0.39 is 35.5 Å². The summed E-state index contributed by atoms with van der Waals surface area (Å²) >= 11 is 6.66. The monoisotopic (exact) mass is 568 g/mol. The molecule has 1 aliphatic rings. The highest BCUT2D eigenvalue weighted by atomic mass is 35.5. The van der Waals surface area contributed by atoms with Gasteiger partial charge < -0.3 is 19.2 Å². The molecule has 2 heterocycles. The number of rotatable bonds is 8. The Morgan fingerprint density at radius 2 is 1.79 bits per heavy atom. The van der Waals surface area contributed by atoms with Gasteiger partial charge in [0.2, 0.25) is 5.91 Å². The molecule has 0 atom stereocenters. The topological polar surface area (TPSA) is 132 Å². The largest absolute Gasteiger partial charge is 0.465 e. The zero-order chi connectivity index (χ0) is 28.1. The average molecular weight is 569 g/mol. The molecule has 12 heteroatoms. The molecule has 1 saturated heterocycles. The number of carbonyl (C=O) groups is 5. The molecule has 4 rings (SSSR count). The number of amides is 3. The Balaban J connectivity index is 1.42. The van der Waals surface area contributed by atoms with E-state index >= 15 is 0 Å². The minimum atomic E-state index is -0.679. The summed E-state index contributed by atoms with van der Waals surface area (Å²) in [7, 11) is 1.20. The van der Waals surface area contributed by atoms with Crippen molar-refractivity contribution >= 4 is 64.1 Å². The molecule has 1 N–H and O–H groups in total. The Morgan fingerprint density at radius 1 is 1.05 bits per heavy atom. The fourth-order valence-electron chi connectivity index (χ4n) is 3.55. The van der Waals surface area contributed by atoms with Crippen molar-refractivity contribution in [3.63, 3.8) is 0 Å². The number of hydrogen-bond acceptors (Lipinski definition) is 9. The predicted molar refractivity (Wildman–Crippen MR) is 144 cm³/mol. The van der Waals surface area contributed by atoms with Crippen molar-refractivity contribution in [2.45, 2.75) is 6.92 Å². The third kappa shape index (κ3) is 6.39. The maximum Gasteiger partial charge on any atom is 0.339 e. The Labute approximate surface area is 231 Å². The van der Waals surface area contributed by atoms with Crippen LogP contribution in [0.2, 0.25) is 5.02 Å². The third-order valence-corrected chi connectivity index (χ3v) is 6.65. The normalized spacial score (nSPS) is 14.0. The van der Waals surface area contributed by atoms with Crippen LogP contribution in [0.5, 0.6) is 0 Å². The molecule has 0 unspecified atom stereocenters. The molecule has 1 aromatic heterocycles. The number of benzene rings is 2. The van der Waals surface area contributed by atoms with E-state index in [1.807, 2.05) is 0 Å². The second-order valence-corrected chi connectivity index (χ2v) is 9.40. The number of hydrogen-bond donors (Lipinski definition) is 1. The second-order valence-electron chi connectivity index (χ2n) is 8.00. The molecule has 0 radical (unpaired) electrons. The highest BCUT2D eigenvalue weighted by Gasteiger charge is 2.36. The van der Waals surface area contributed by atoms with Crippen molar-refractivity contribution in [3.8, 4) is 11.3 Å². The summed E-state index contributed by atoms with van der Waals surface area (Å²) in [5, 5.41) is 2.06. The number of ether oxygens (including phenoxy) is 2. The molecule has 0 saturated carbocycles. The van der Waals surface area contributed by atoms with Crippen molar-refractivity contribution in [3.05, 3.63) is 81.4 Å². The minimum Gasteiger partial charge on any atom is -0.465 e. The van der Waals surface area contributed by atoms with E-state index in [9.17, 15) is 24.0 Å². The molecule has 0 aliphatic carbocycles. The lowest BCUT2D eigenvalue weighted by atomic mass is 10.1. The van der Waals surface area contributed by atoms with Gasteiger partial charge in [0.15, 0.2) is 0 Å². The van der Waals surface area contributed by atoms with Crippen LogP contribution < -0.4 is 5.32 Å². The standard InChI is InChI=1S/C27H21ClN2O8S/c1-3-37-25(33)16-6-4-15(5-7-16)21-11-9-18(38-21)13-22-24(32)30(27(35)39-22)14-23(31)29-17-8-10-20(28)19(12-17)26(34)36-2/h4-13H,3,14H2,1-2H3,(H,29,31)/b22-13+. The van der Waals surface area contributed by atoms with E-state index in [0.29, 0.717) is 34.4 Å². The summed E-state index contributed by atoms with van der Waals surface area (Å²) in [6.07, 6.45) is 1.42. The van der Waals surface area contributed by atoms with Crippen LogP contribution in [0.4, 0.5) is 10.5 Å². The van der Waals surface area contributed by atoms with Crippen LogP contribution in [0.3, 0.4) is 0 Å². The van der Waals surface area contributed by atoms with E-state index in [-0.39, 0.29) is 27.8 Å². The number of thioether (sulfide) groups is 1. The summed E-state index contributed by atoms with van der Waals surface area (Å²) in [5.74, 6) is -1.59. The number of furan rings is 1. The molecule has 10 nitrogen and oxygen atoms in total.